The molecule has 0 radical (unpaired) electrons. The number of sulfonamides is 1. The van der Waals surface area contributed by atoms with Gasteiger partial charge in [-0.2, -0.15) is 0 Å². The van der Waals surface area contributed by atoms with Crippen molar-refractivity contribution in [3.63, 3.8) is 0 Å². The fraction of sp³-hybridized carbons (Fsp3) is 0.462. The van der Waals surface area contributed by atoms with Gasteiger partial charge in [0.25, 0.3) is 0 Å². The van der Waals surface area contributed by atoms with E-state index in [-0.39, 0.29) is 23.1 Å². The summed E-state index contributed by atoms with van der Waals surface area (Å²) in [6.45, 7) is 5.19. The van der Waals surface area contributed by atoms with Crippen molar-refractivity contribution in [2.75, 3.05) is 13.2 Å². The Labute approximate surface area is 123 Å². The highest BCUT2D eigenvalue weighted by Crippen LogP contribution is 2.20. The van der Waals surface area contributed by atoms with E-state index in [9.17, 15) is 17.6 Å². The van der Waals surface area contributed by atoms with E-state index in [1.54, 1.807) is 13.8 Å². The number of aromatic carboxylic acids is 1. The van der Waals surface area contributed by atoms with E-state index < -0.39 is 27.4 Å². The second-order valence-corrected chi connectivity index (χ2v) is 6.24. The van der Waals surface area contributed by atoms with Crippen molar-refractivity contribution < 1.29 is 27.4 Å². The average molecular weight is 319 g/mol. The molecule has 0 saturated heterocycles. The van der Waals surface area contributed by atoms with Crippen molar-refractivity contribution in [1.82, 2.24) is 4.72 Å². The zero-order chi connectivity index (χ0) is 16.2. The lowest BCUT2D eigenvalue weighted by Gasteiger charge is -2.14. The molecule has 0 aliphatic rings. The summed E-state index contributed by atoms with van der Waals surface area (Å²) in [5.41, 5.74) is -0.548. The van der Waals surface area contributed by atoms with E-state index >= 15 is 0 Å². The van der Waals surface area contributed by atoms with Gasteiger partial charge in [-0.15, -0.1) is 0 Å². The van der Waals surface area contributed by atoms with Gasteiger partial charge in [0.05, 0.1) is 16.6 Å². The van der Waals surface area contributed by atoms with Gasteiger partial charge in [0.15, 0.2) is 0 Å². The minimum atomic E-state index is -4.02. The summed E-state index contributed by atoms with van der Waals surface area (Å²) in [7, 11) is -4.02. The Morgan fingerprint density at radius 3 is 2.62 bits per heavy atom. The molecule has 1 aromatic rings. The van der Waals surface area contributed by atoms with Crippen LogP contribution in [0.15, 0.2) is 17.0 Å². The zero-order valence-corrected chi connectivity index (χ0v) is 12.8. The molecule has 0 amide bonds. The lowest BCUT2D eigenvalue weighted by molar-refractivity contribution is 0.0695. The van der Waals surface area contributed by atoms with Crippen LogP contribution in [0.3, 0.4) is 0 Å². The first-order valence-electron chi connectivity index (χ1n) is 6.33. The standard InChI is InChI=1S/C13H18FNO5S/c1-4-20-8(2)7-15-21(18,19)12-6-10(13(16)17)5-11(14)9(12)3/h5-6,8,15H,4,7H2,1-3H3,(H,16,17). The average Bonchev–Trinajstić information content (AvgIpc) is 2.39. The summed E-state index contributed by atoms with van der Waals surface area (Å²) in [6.07, 6.45) is -0.349. The zero-order valence-electron chi connectivity index (χ0n) is 12.0. The first-order valence-corrected chi connectivity index (χ1v) is 7.82. The van der Waals surface area contributed by atoms with Crippen LogP contribution in [0.5, 0.6) is 0 Å². The summed E-state index contributed by atoms with van der Waals surface area (Å²) in [5, 5.41) is 8.88. The van der Waals surface area contributed by atoms with Gasteiger partial charge in [0.2, 0.25) is 10.0 Å². The predicted octanol–water partition coefficient (Wildman–Crippen LogP) is 1.54. The molecule has 0 aromatic heterocycles. The van der Waals surface area contributed by atoms with Crippen LogP contribution in [0.4, 0.5) is 4.39 Å². The maximum atomic E-state index is 13.7. The topological polar surface area (TPSA) is 92.7 Å². The number of hydrogen-bond acceptors (Lipinski definition) is 4. The summed E-state index contributed by atoms with van der Waals surface area (Å²) in [5.74, 6) is -2.28. The quantitative estimate of drug-likeness (QED) is 0.795. The molecule has 0 bridgehead atoms. The van der Waals surface area contributed by atoms with E-state index in [0.29, 0.717) is 6.61 Å². The molecule has 1 aromatic carbocycles. The number of carboxylic acids is 1. The van der Waals surface area contributed by atoms with E-state index in [0.717, 1.165) is 12.1 Å². The van der Waals surface area contributed by atoms with Crippen LogP contribution < -0.4 is 4.72 Å². The van der Waals surface area contributed by atoms with Gasteiger partial charge in [-0.1, -0.05) is 0 Å². The molecule has 1 atom stereocenters. The molecule has 2 N–H and O–H groups in total. The lowest BCUT2D eigenvalue weighted by Crippen LogP contribution is -2.32. The van der Waals surface area contributed by atoms with Crippen LogP contribution in [0.25, 0.3) is 0 Å². The van der Waals surface area contributed by atoms with Gasteiger partial charge in [0.1, 0.15) is 5.82 Å². The van der Waals surface area contributed by atoms with Crippen molar-refractivity contribution in [1.29, 1.82) is 0 Å². The number of rotatable bonds is 7. The molecule has 1 rings (SSSR count). The Morgan fingerprint density at radius 2 is 2.10 bits per heavy atom. The second-order valence-electron chi connectivity index (χ2n) is 4.50. The molecule has 21 heavy (non-hydrogen) atoms. The molecule has 8 heteroatoms. The highest BCUT2D eigenvalue weighted by atomic mass is 32.2. The smallest absolute Gasteiger partial charge is 0.335 e. The van der Waals surface area contributed by atoms with Crippen LogP contribution in [-0.4, -0.2) is 38.7 Å². The van der Waals surface area contributed by atoms with Crippen LogP contribution >= 0.6 is 0 Å². The van der Waals surface area contributed by atoms with Gasteiger partial charge >= 0.3 is 5.97 Å². The van der Waals surface area contributed by atoms with Crippen molar-refractivity contribution >= 4 is 16.0 Å². The predicted molar refractivity (Wildman–Crippen MR) is 74.4 cm³/mol. The number of ether oxygens (including phenoxy) is 1. The molecule has 0 heterocycles. The first-order chi connectivity index (χ1) is 9.69. The summed E-state index contributed by atoms with van der Waals surface area (Å²) in [6, 6.07) is 1.73. The van der Waals surface area contributed by atoms with E-state index in [1.165, 1.54) is 6.92 Å². The third-order valence-corrected chi connectivity index (χ3v) is 4.39. The van der Waals surface area contributed by atoms with Crippen LogP contribution in [0.2, 0.25) is 0 Å². The highest BCUT2D eigenvalue weighted by Gasteiger charge is 2.22. The normalized spacial score (nSPS) is 13.1. The number of nitrogens with one attached hydrogen (secondary N) is 1. The SMILES string of the molecule is CCOC(C)CNS(=O)(=O)c1cc(C(=O)O)cc(F)c1C. The largest absolute Gasteiger partial charge is 0.478 e. The van der Waals surface area contributed by atoms with Gasteiger partial charge in [-0.25, -0.2) is 22.3 Å². The van der Waals surface area contributed by atoms with Gasteiger partial charge in [-0.3, -0.25) is 0 Å². The molecule has 0 aliphatic heterocycles. The Balaban J connectivity index is 3.10. The molecular weight excluding hydrogens is 301 g/mol. The van der Waals surface area contributed by atoms with Crippen LogP contribution in [-0.2, 0) is 14.8 Å². The van der Waals surface area contributed by atoms with E-state index in [4.69, 9.17) is 9.84 Å². The fourth-order valence-corrected chi connectivity index (χ4v) is 3.10. The third-order valence-electron chi connectivity index (χ3n) is 2.85. The number of hydrogen-bond donors (Lipinski definition) is 2. The Bertz CT molecular complexity index is 630. The maximum absolute atomic E-state index is 13.7. The number of carbonyl (C=O) groups is 1. The van der Waals surface area contributed by atoms with Crippen molar-refractivity contribution in [3.8, 4) is 0 Å². The number of benzene rings is 1. The summed E-state index contributed by atoms with van der Waals surface area (Å²) >= 11 is 0. The van der Waals surface area contributed by atoms with Crippen molar-refractivity contribution in [3.05, 3.63) is 29.1 Å². The molecule has 6 nitrogen and oxygen atoms in total. The van der Waals surface area contributed by atoms with Crippen molar-refractivity contribution in [2.24, 2.45) is 0 Å². The molecule has 0 fully saturated rings. The molecule has 1 unspecified atom stereocenters. The van der Waals surface area contributed by atoms with Crippen LogP contribution in [0.1, 0.15) is 29.8 Å². The fourth-order valence-electron chi connectivity index (χ4n) is 1.70. The van der Waals surface area contributed by atoms with Crippen LogP contribution in [0, 0.1) is 12.7 Å². The van der Waals surface area contributed by atoms with E-state index in [1.807, 2.05) is 0 Å². The maximum Gasteiger partial charge on any atom is 0.335 e. The Kier molecular flexibility index (Phi) is 5.82. The third kappa shape index (κ3) is 4.48. The minimum absolute atomic E-state index is 0.00846. The molecular formula is C13H18FNO5S. The molecule has 0 saturated carbocycles. The number of carboxylic acid groups (broad SMARTS) is 1. The van der Waals surface area contributed by atoms with Crippen molar-refractivity contribution in [2.45, 2.75) is 31.8 Å². The monoisotopic (exact) mass is 319 g/mol. The minimum Gasteiger partial charge on any atom is -0.478 e. The Morgan fingerprint density at radius 1 is 1.48 bits per heavy atom. The van der Waals surface area contributed by atoms with E-state index in [2.05, 4.69) is 4.72 Å². The lowest BCUT2D eigenvalue weighted by atomic mass is 10.1. The Hall–Kier alpha value is -1.51. The highest BCUT2D eigenvalue weighted by molar-refractivity contribution is 7.89. The molecule has 0 spiro atoms. The second kappa shape index (κ2) is 6.97. The van der Waals surface area contributed by atoms with Gasteiger partial charge < -0.3 is 9.84 Å². The molecule has 0 aliphatic carbocycles. The summed E-state index contributed by atoms with van der Waals surface area (Å²) < 4.78 is 45.5. The summed E-state index contributed by atoms with van der Waals surface area (Å²) in [4.78, 5) is 10.5. The van der Waals surface area contributed by atoms with Gasteiger partial charge in [0, 0.05) is 18.7 Å². The first kappa shape index (κ1) is 17.5. The number of halogens is 1. The van der Waals surface area contributed by atoms with Gasteiger partial charge in [-0.05, 0) is 32.9 Å². The molecule has 118 valence electrons.